The fourth-order valence-corrected chi connectivity index (χ4v) is 3.13. The Hall–Kier alpha value is -2.97. The molecule has 0 spiro atoms. The van der Waals surface area contributed by atoms with E-state index in [1.807, 2.05) is 24.3 Å². The lowest BCUT2D eigenvalue weighted by molar-refractivity contribution is 0.122. The molecule has 0 aromatic heterocycles. The first-order chi connectivity index (χ1) is 14.1. The van der Waals surface area contributed by atoms with Crippen molar-refractivity contribution in [2.75, 3.05) is 57.3 Å². The summed E-state index contributed by atoms with van der Waals surface area (Å²) in [4.78, 5) is 14.4. The smallest absolute Gasteiger partial charge is 0.319 e. The van der Waals surface area contributed by atoms with E-state index in [1.54, 1.807) is 25.3 Å². The Labute approximate surface area is 170 Å². The molecule has 1 heterocycles. The summed E-state index contributed by atoms with van der Waals surface area (Å²) in [5.41, 5.74) is 2.40. The van der Waals surface area contributed by atoms with Gasteiger partial charge in [0.25, 0.3) is 0 Å². The third-order valence-corrected chi connectivity index (χ3v) is 4.75. The lowest BCUT2D eigenvalue weighted by Gasteiger charge is -2.29. The summed E-state index contributed by atoms with van der Waals surface area (Å²) in [6.07, 6.45) is -0.801. The van der Waals surface area contributed by atoms with Crippen LogP contribution in [0, 0.1) is 0 Å². The maximum Gasteiger partial charge on any atom is 0.319 e. The predicted molar refractivity (Wildman–Crippen MR) is 111 cm³/mol. The highest BCUT2D eigenvalue weighted by atomic mass is 16.5. The standard InChI is InChI=1S/C21H27N3O5/c1-27-19-8-5-16(13-20(19)28-2)23-21(26)22-14-18(25)15-3-6-17(7-4-15)24-9-11-29-12-10-24/h3-8,13,18,25H,9-12,14H2,1-2H3,(H2,22,23,26). The van der Waals surface area contributed by atoms with Gasteiger partial charge < -0.3 is 34.9 Å². The molecule has 1 fully saturated rings. The maximum absolute atomic E-state index is 12.1. The number of nitrogens with one attached hydrogen (secondary N) is 2. The molecule has 1 aliphatic heterocycles. The molecule has 1 unspecified atom stereocenters. The highest BCUT2D eigenvalue weighted by Gasteiger charge is 2.14. The molecule has 0 saturated carbocycles. The highest BCUT2D eigenvalue weighted by molar-refractivity contribution is 5.89. The second kappa shape index (κ2) is 9.99. The number of carbonyl (C=O) groups is 1. The molecule has 2 aromatic rings. The minimum absolute atomic E-state index is 0.0933. The minimum atomic E-state index is -0.801. The molecule has 0 bridgehead atoms. The highest BCUT2D eigenvalue weighted by Crippen LogP contribution is 2.29. The van der Waals surface area contributed by atoms with E-state index in [-0.39, 0.29) is 6.54 Å². The van der Waals surface area contributed by atoms with Gasteiger partial charge in [0, 0.05) is 37.1 Å². The molecule has 2 aromatic carbocycles. The first-order valence-corrected chi connectivity index (χ1v) is 9.48. The molecule has 1 atom stereocenters. The minimum Gasteiger partial charge on any atom is -0.493 e. The number of urea groups is 1. The number of benzene rings is 2. The number of aliphatic hydroxyl groups is 1. The molecule has 8 nitrogen and oxygen atoms in total. The average Bonchev–Trinajstić information content (AvgIpc) is 2.78. The van der Waals surface area contributed by atoms with Crippen molar-refractivity contribution in [3.8, 4) is 11.5 Å². The van der Waals surface area contributed by atoms with E-state index < -0.39 is 12.1 Å². The van der Waals surface area contributed by atoms with Gasteiger partial charge in [0.05, 0.1) is 33.5 Å². The van der Waals surface area contributed by atoms with Crippen molar-refractivity contribution in [1.82, 2.24) is 5.32 Å². The fourth-order valence-electron chi connectivity index (χ4n) is 3.13. The molecular weight excluding hydrogens is 374 g/mol. The Morgan fingerprint density at radius 2 is 1.79 bits per heavy atom. The molecule has 29 heavy (non-hydrogen) atoms. The summed E-state index contributed by atoms with van der Waals surface area (Å²) in [6.45, 7) is 3.27. The molecule has 8 heteroatoms. The molecule has 0 aliphatic carbocycles. The summed E-state index contributed by atoms with van der Waals surface area (Å²) in [7, 11) is 3.08. The summed E-state index contributed by atoms with van der Waals surface area (Å²) < 4.78 is 15.8. The van der Waals surface area contributed by atoms with Gasteiger partial charge in [-0.25, -0.2) is 4.79 Å². The van der Waals surface area contributed by atoms with E-state index in [0.717, 1.165) is 37.6 Å². The van der Waals surface area contributed by atoms with Crippen LogP contribution < -0.4 is 25.0 Å². The number of morpholine rings is 1. The van der Waals surface area contributed by atoms with E-state index in [1.165, 1.54) is 7.11 Å². The quantitative estimate of drug-likeness (QED) is 0.660. The first kappa shape index (κ1) is 20.8. The second-order valence-electron chi connectivity index (χ2n) is 6.61. The summed E-state index contributed by atoms with van der Waals surface area (Å²) in [6, 6.07) is 12.4. The Kier molecular flexibility index (Phi) is 7.15. The molecule has 1 saturated heterocycles. The summed E-state index contributed by atoms with van der Waals surface area (Å²) in [5.74, 6) is 1.10. The van der Waals surface area contributed by atoms with Crippen molar-refractivity contribution >= 4 is 17.4 Å². The van der Waals surface area contributed by atoms with Gasteiger partial charge in [-0.15, -0.1) is 0 Å². The van der Waals surface area contributed by atoms with Crippen LogP contribution in [0.4, 0.5) is 16.2 Å². The monoisotopic (exact) mass is 401 g/mol. The number of nitrogens with zero attached hydrogens (tertiary/aromatic N) is 1. The van der Waals surface area contributed by atoms with E-state index in [9.17, 15) is 9.90 Å². The third-order valence-electron chi connectivity index (χ3n) is 4.75. The number of hydrogen-bond acceptors (Lipinski definition) is 6. The largest absolute Gasteiger partial charge is 0.493 e. The number of methoxy groups -OCH3 is 2. The number of hydrogen-bond donors (Lipinski definition) is 3. The SMILES string of the molecule is COc1ccc(NC(=O)NCC(O)c2ccc(N3CCOCC3)cc2)cc1OC. The van der Waals surface area contributed by atoms with Gasteiger partial charge in [0.1, 0.15) is 0 Å². The van der Waals surface area contributed by atoms with Crippen molar-refractivity contribution in [2.24, 2.45) is 0 Å². The number of amides is 2. The first-order valence-electron chi connectivity index (χ1n) is 9.48. The molecule has 0 radical (unpaired) electrons. The zero-order valence-electron chi connectivity index (χ0n) is 16.7. The van der Waals surface area contributed by atoms with Crippen LogP contribution in [0.3, 0.4) is 0 Å². The van der Waals surface area contributed by atoms with E-state index in [0.29, 0.717) is 17.2 Å². The molecule has 1 aliphatic rings. The Morgan fingerprint density at radius 1 is 1.10 bits per heavy atom. The zero-order valence-corrected chi connectivity index (χ0v) is 16.7. The number of ether oxygens (including phenoxy) is 3. The van der Waals surface area contributed by atoms with Gasteiger partial charge in [-0.3, -0.25) is 0 Å². The van der Waals surface area contributed by atoms with E-state index in [4.69, 9.17) is 14.2 Å². The van der Waals surface area contributed by atoms with Gasteiger partial charge in [0.2, 0.25) is 0 Å². The summed E-state index contributed by atoms with van der Waals surface area (Å²) >= 11 is 0. The van der Waals surface area contributed by atoms with Crippen molar-refractivity contribution < 1.29 is 24.1 Å². The molecular formula is C21H27N3O5. The van der Waals surface area contributed by atoms with Crippen molar-refractivity contribution in [3.63, 3.8) is 0 Å². The lowest BCUT2D eigenvalue weighted by atomic mass is 10.1. The number of aliphatic hydroxyl groups excluding tert-OH is 1. The predicted octanol–water partition coefficient (Wildman–Crippen LogP) is 2.40. The Balaban J connectivity index is 1.50. The van der Waals surface area contributed by atoms with Crippen molar-refractivity contribution in [1.29, 1.82) is 0 Å². The maximum atomic E-state index is 12.1. The topological polar surface area (TPSA) is 92.3 Å². The number of rotatable bonds is 7. The van der Waals surface area contributed by atoms with Gasteiger partial charge in [-0.1, -0.05) is 12.1 Å². The van der Waals surface area contributed by atoms with Gasteiger partial charge in [-0.2, -0.15) is 0 Å². The van der Waals surface area contributed by atoms with Crippen LogP contribution in [0.5, 0.6) is 11.5 Å². The van der Waals surface area contributed by atoms with Crippen LogP contribution in [0.15, 0.2) is 42.5 Å². The van der Waals surface area contributed by atoms with Crippen LogP contribution in [0.1, 0.15) is 11.7 Å². The molecule has 2 amide bonds. The summed E-state index contributed by atoms with van der Waals surface area (Å²) in [5, 5.41) is 15.8. The number of anilines is 2. The van der Waals surface area contributed by atoms with Crippen LogP contribution in [0.2, 0.25) is 0 Å². The van der Waals surface area contributed by atoms with Crippen molar-refractivity contribution in [2.45, 2.75) is 6.10 Å². The van der Waals surface area contributed by atoms with E-state index in [2.05, 4.69) is 15.5 Å². The molecule has 3 rings (SSSR count). The van der Waals surface area contributed by atoms with Gasteiger partial charge in [0.15, 0.2) is 11.5 Å². The van der Waals surface area contributed by atoms with Crippen LogP contribution in [-0.2, 0) is 4.74 Å². The van der Waals surface area contributed by atoms with Gasteiger partial charge >= 0.3 is 6.03 Å². The molecule has 156 valence electrons. The van der Waals surface area contributed by atoms with Crippen molar-refractivity contribution in [3.05, 3.63) is 48.0 Å². The van der Waals surface area contributed by atoms with Crippen LogP contribution in [-0.4, -0.2) is 58.2 Å². The Morgan fingerprint density at radius 3 is 2.45 bits per heavy atom. The normalized spacial score (nSPS) is 14.8. The Bertz CT molecular complexity index is 806. The van der Waals surface area contributed by atoms with E-state index >= 15 is 0 Å². The third kappa shape index (κ3) is 5.52. The lowest BCUT2D eigenvalue weighted by Crippen LogP contribution is -2.36. The number of carbonyl (C=O) groups excluding carboxylic acids is 1. The van der Waals surface area contributed by atoms with Crippen LogP contribution in [0.25, 0.3) is 0 Å². The molecule has 3 N–H and O–H groups in total. The average molecular weight is 401 g/mol. The second-order valence-corrected chi connectivity index (χ2v) is 6.61. The fraction of sp³-hybridized carbons (Fsp3) is 0.381. The van der Waals surface area contributed by atoms with Gasteiger partial charge in [-0.05, 0) is 29.8 Å². The van der Waals surface area contributed by atoms with Crippen LogP contribution >= 0.6 is 0 Å². The zero-order chi connectivity index (χ0) is 20.6.